The van der Waals surface area contributed by atoms with Gasteiger partial charge in [0.25, 0.3) is 0 Å². The average molecular weight is 290 g/mol. The topological polar surface area (TPSA) is 35.5 Å². The highest BCUT2D eigenvalue weighted by atomic mass is 16.2. The molecule has 1 aliphatic heterocycles. The molecule has 1 aliphatic rings. The Morgan fingerprint density at radius 1 is 1.29 bits per heavy atom. The minimum atomic E-state index is 0.271. The average Bonchev–Trinajstić information content (AvgIpc) is 2.72. The maximum absolute atomic E-state index is 8.94. The molecule has 3 heteroatoms. The molecule has 1 unspecified atom stereocenters. The number of benzene rings is 1. The smallest absolute Gasteiger partial charge is 0.0434 e. The maximum Gasteiger partial charge on any atom is 0.0434 e. The van der Waals surface area contributed by atoms with E-state index in [4.69, 9.17) is 5.11 Å². The second-order valence-electron chi connectivity index (χ2n) is 6.14. The summed E-state index contributed by atoms with van der Waals surface area (Å²) in [5.41, 5.74) is 2.55. The lowest BCUT2D eigenvalue weighted by Crippen LogP contribution is -2.27. The highest BCUT2D eigenvalue weighted by Gasteiger charge is 2.16. The van der Waals surface area contributed by atoms with E-state index in [2.05, 4.69) is 41.4 Å². The molecule has 0 spiro atoms. The van der Waals surface area contributed by atoms with Crippen molar-refractivity contribution in [1.82, 2.24) is 4.90 Å². The van der Waals surface area contributed by atoms with Crippen molar-refractivity contribution >= 4 is 5.69 Å². The van der Waals surface area contributed by atoms with Crippen LogP contribution in [0.15, 0.2) is 24.3 Å². The third-order valence-corrected chi connectivity index (χ3v) is 4.28. The van der Waals surface area contributed by atoms with Crippen LogP contribution in [0.5, 0.6) is 0 Å². The summed E-state index contributed by atoms with van der Waals surface area (Å²) in [5, 5.41) is 12.6. The van der Waals surface area contributed by atoms with Gasteiger partial charge < -0.3 is 15.3 Å². The van der Waals surface area contributed by atoms with Gasteiger partial charge in [0, 0.05) is 24.9 Å². The Balaban J connectivity index is 1.86. The zero-order valence-corrected chi connectivity index (χ0v) is 13.4. The van der Waals surface area contributed by atoms with Crippen LogP contribution in [0.2, 0.25) is 0 Å². The third-order valence-electron chi connectivity index (χ3n) is 4.28. The van der Waals surface area contributed by atoms with Gasteiger partial charge in [0.05, 0.1) is 0 Å². The Morgan fingerprint density at radius 3 is 3.00 bits per heavy atom. The van der Waals surface area contributed by atoms with Crippen LogP contribution in [0.4, 0.5) is 5.69 Å². The van der Waals surface area contributed by atoms with Crippen molar-refractivity contribution in [2.24, 2.45) is 0 Å². The SMILES string of the molecule is CCCN1CCCC(Nc2cccc(CCCO)c2)CC1. The number of nitrogens with zero attached hydrogens (tertiary/aromatic N) is 1. The lowest BCUT2D eigenvalue weighted by Gasteiger charge is -2.20. The molecule has 2 N–H and O–H groups in total. The molecular weight excluding hydrogens is 260 g/mol. The normalized spacial score (nSPS) is 20.2. The monoisotopic (exact) mass is 290 g/mol. The highest BCUT2D eigenvalue weighted by Crippen LogP contribution is 2.18. The van der Waals surface area contributed by atoms with Crippen LogP contribution in [-0.4, -0.2) is 42.3 Å². The molecule has 1 heterocycles. The standard InChI is InChI=1S/C18H30N2O/c1-2-11-20-12-4-9-17(10-13-20)19-18-8-3-6-16(15-18)7-5-14-21/h3,6,8,15,17,19,21H,2,4-5,7,9-14H2,1H3. The van der Waals surface area contributed by atoms with Crippen LogP contribution in [0, 0.1) is 0 Å². The van der Waals surface area contributed by atoms with Gasteiger partial charge in [-0.1, -0.05) is 19.1 Å². The molecule has 0 amide bonds. The summed E-state index contributed by atoms with van der Waals surface area (Å²) in [4.78, 5) is 2.60. The molecule has 1 aromatic carbocycles. The number of hydrogen-bond acceptors (Lipinski definition) is 3. The van der Waals surface area contributed by atoms with Gasteiger partial charge in [0.1, 0.15) is 0 Å². The molecule has 3 nitrogen and oxygen atoms in total. The third kappa shape index (κ3) is 5.68. The molecule has 1 aromatic rings. The fourth-order valence-electron chi connectivity index (χ4n) is 3.18. The minimum Gasteiger partial charge on any atom is -0.396 e. The van der Waals surface area contributed by atoms with Crippen molar-refractivity contribution in [3.63, 3.8) is 0 Å². The lowest BCUT2D eigenvalue weighted by molar-refractivity contribution is 0.285. The number of anilines is 1. The van der Waals surface area contributed by atoms with Crippen molar-refractivity contribution < 1.29 is 5.11 Å². The number of aryl methyl sites for hydroxylation is 1. The van der Waals surface area contributed by atoms with Crippen molar-refractivity contribution in [2.75, 3.05) is 31.6 Å². The zero-order chi connectivity index (χ0) is 14.9. The maximum atomic E-state index is 8.94. The quantitative estimate of drug-likeness (QED) is 0.809. The highest BCUT2D eigenvalue weighted by molar-refractivity contribution is 5.46. The number of rotatable bonds is 7. The Hall–Kier alpha value is -1.06. The van der Waals surface area contributed by atoms with Crippen LogP contribution in [0.1, 0.15) is 44.6 Å². The van der Waals surface area contributed by atoms with Crippen LogP contribution in [0.3, 0.4) is 0 Å². The van der Waals surface area contributed by atoms with E-state index in [0.29, 0.717) is 6.04 Å². The van der Waals surface area contributed by atoms with Crippen molar-refractivity contribution in [2.45, 2.75) is 51.5 Å². The van der Waals surface area contributed by atoms with E-state index >= 15 is 0 Å². The molecule has 0 aromatic heterocycles. The summed E-state index contributed by atoms with van der Waals surface area (Å²) < 4.78 is 0. The Morgan fingerprint density at radius 2 is 2.19 bits per heavy atom. The number of nitrogens with one attached hydrogen (secondary N) is 1. The van der Waals surface area contributed by atoms with E-state index in [1.54, 1.807) is 0 Å². The minimum absolute atomic E-state index is 0.271. The Kier molecular flexibility index (Phi) is 7.04. The van der Waals surface area contributed by atoms with Crippen molar-refractivity contribution in [1.29, 1.82) is 0 Å². The summed E-state index contributed by atoms with van der Waals surface area (Å²) in [6, 6.07) is 9.27. The molecule has 21 heavy (non-hydrogen) atoms. The number of likely N-dealkylation sites (tertiary alicyclic amines) is 1. The van der Waals surface area contributed by atoms with E-state index in [1.165, 1.54) is 56.6 Å². The van der Waals surface area contributed by atoms with Gasteiger partial charge in [-0.15, -0.1) is 0 Å². The molecular formula is C18H30N2O. The summed E-state index contributed by atoms with van der Waals surface area (Å²) in [5.74, 6) is 0. The van der Waals surface area contributed by atoms with E-state index < -0.39 is 0 Å². The summed E-state index contributed by atoms with van der Waals surface area (Å²) in [6.07, 6.45) is 6.86. The Bertz CT molecular complexity index is 408. The molecule has 0 saturated carbocycles. The van der Waals surface area contributed by atoms with Gasteiger partial charge in [-0.25, -0.2) is 0 Å². The molecule has 1 fully saturated rings. The van der Waals surface area contributed by atoms with Crippen LogP contribution in [-0.2, 0) is 6.42 Å². The Labute approximate surface area is 129 Å². The summed E-state index contributed by atoms with van der Waals surface area (Å²) in [7, 11) is 0. The van der Waals surface area contributed by atoms with Gasteiger partial charge in [0.15, 0.2) is 0 Å². The first-order valence-electron chi connectivity index (χ1n) is 8.50. The molecule has 2 rings (SSSR count). The van der Waals surface area contributed by atoms with E-state index in [-0.39, 0.29) is 6.61 Å². The van der Waals surface area contributed by atoms with Gasteiger partial charge in [-0.05, 0) is 69.3 Å². The first kappa shape index (κ1) is 16.3. The molecule has 0 aliphatic carbocycles. The number of aliphatic hydroxyl groups excluding tert-OH is 1. The summed E-state index contributed by atoms with van der Waals surface area (Å²) in [6.45, 7) is 6.24. The van der Waals surface area contributed by atoms with Crippen molar-refractivity contribution in [3.8, 4) is 0 Å². The van der Waals surface area contributed by atoms with Gasteiger partial charge in [0.2, 0.25) is 0 Å². The largest absolute Gasteiger partial charge is 0.396 e. The van der Waals surface area contributed by atoms with Crippen LogP contribution < -0.4 is 5.32 Å². The molecule has 0 bridgehead atoms. The van der Waals surface area contributed by atoms with Crippen LogP contribution in [0.25, 0.3) is 0 Å². The second-order valence-corrected chi connectivity index (χ2v) is 6.14. The van der Waals surface area contributed by atoms with Crippen LogP contribution >= 0.6 is 0 Å². The van der Waals surface area contributed by atoms with E-state index in [1.807, 2.05) is 0 Å². The predicted molar refractivity (Wildman–Crippen MR) is 89.8 cm³/mol. The summed E-state index contributed by atoms with van der Waals surface area (Å²) >= 11 is 0. The zero-order valence-electron chi connectivity index (χ0n) is 13.4. The lowest BCUT2D eigenvalue weighted by atomic mass is 10.1. The van der Waals surface area contributed by atoms with E-state index in [9.17, 15) is 0 Å². The fourth-order valence-corrected chi connectivity index (χ4v) is 3.18. The predicted octanol–water partition coefficient (Wildman–Crippen LogP) is 3.29. The molecule has 1 saturated heterocycles. The fraction of sp³-hybridized carbons (Fsp3) is 0.667. The second kappa shape index (κ2) is 9.06. The van der Waals surface area contributed by atoms with E-state index in [0.717, 1.165) is 12.8 Å². The van der Waals surface area contributed by atoms with Gasteiger partial charge in [-0.3, -0.25) is 0 Å². The van der Waals surface area contributed by atoms with Gasteiger partial charge >= 0.3 is 0 Å². The molecule has 118 valence electrons. The van der Waals surface area contributed by atoms with Crippen molar-refractivity contribution in [3.05, 3.63) is 29.8 Å². The van der Waals surface area contributed by atoms with Gasteiger partial charge in [-0.2, -0.15) is 0 Å². The molecule has 0 radical (unpaired) electrons. The number of aliphatic hydroxyl groups is 1. The number of hydrogen-bond donors (Lipinski definition) is 2. The first-order valence-corrected chi connectivity index (χ1v) is 8.50. The molecule has 1 atom stereocenters. The first-order chi connectivity index (χ1) is 10.3.